The number of nitrogens with one attached hydrogen (secondary N) is 1. The van der Waals surface area contributed by atoms with E-state index < -0.39 is 22.1 Å². The second-order valence-electron chi connectivity index (χ2n) is 8.59. The lowest BCUT2D eigenvalue weighted by molar-refractivity contribution is -0.143. The Balaban J connectivity index is 1.42. The smallest absolute Gasteiger partial charge is 0.245 e. The van der Waals surface area contributed by atoms with Crippen LogP contribution in [0.5, 0.6) is 0 Å². The van der Waals surface area contributed by atoms with E-state index in [1.807, 2.05) is 12.1 Å². The van der Waals surface area contributed by atoms with Gasteiger partial charge in [-0.15, -0.1) is 0 Å². The number of benzene rings is 2. The third kappa shape index (κ3) is 5.23. The van der Waals surface area contributed by atoms with Gasteiger partial charge in [0.1, 0.15) is 12.1 Å². The molecule has 176 valence electrons. The number of piperidine rings is 1. The topological polar surface area (TPSA) is 86.8 Å². The van der Waals surface area contributed by atoms with Gasteiger partial charge >= 0.3 is 0 Å². The van der Waals surface area contributed by atoms with Crippen molar-refractivity contribution < 1.29 is 18.0 Å². The molecule has 1 unspecified atom stereocenters. The predicted molar refractivity (Wildman–Crippen MR) is 127 cm³/mol. The van der Waals surface area contributed by atoms with Crippen molar-refractivity contribution in [2.75, 3.05) is 19.6 Å². The van der Waals surface area contributed by atoms with Crippen LogP contribution < -0.4 is 4.72 Å². The quantitative estimate of drug-likeness (QED) is 0.674. The van der Waals surface area contributed by atoms with E-state index in [-0.39, 0.29) is 16.7 Å². The maximum Gasteiger partial charge on any atom is 0.245 e. The first-order valence-electron chi connectivity index (χ1n) is 11.2. The third-order valence-corrected chi connectivity index (χ3v) is 8.08. The van der Waals surface area contributed by atoms with Crippen molar-refractivity contribution in [1.29, 1.82) is 0 Å². The number of hydrogen-bond donors (Lipinski definition) is 1. The number of hydrogen-bond acceptors (Lipinski definition) is 4. The van der Waals surface area contributed by atoms with E-state index >= 15 is 0 Å². The molecular formula is C24H28ClN3O4S. The van der Waals surface area contributed by atoms with Crippen molar-refractivity contribution in [3.05, 3.63) is 53.6 Å². The molecule has 33 heavy (non-hydrogen) atoms. The molecule has 2 amide bonds. The van der Waals surface area contributed by atoms with Gasteiger partial charge in [0, 0.05) is 24.7 Å². The summed E-state index contributed by atoms with van der Waals surface area (Å²) >= 11 is 6.04. The zero-order valence-corrected chi connectivity index (χ0v) is 20.1. The van der Waals surface area contributed by atoms with Crippen molar-refractivity contribution in [1.82, 2.24) is 14.5 Å². The van der Waals surface area contributed by atoms with Gasteiger partial charge in [0.25, 0.3) is 0 Å². The Morgan fingerprint density at radius 1 is 1.03 bits per heavy atom. The van der Waals surface area contributed by atoms with Gasteiger partial charge in [-0.2, -0.15) is 4.72 Å². The number of carbonyl (C=O) groups is 2. The monoisotopic (exact) mass is 489 g/mol. The number of sulfonamides is 1. The van der Waals surface area contributed by atoms with Crippen molar-refractivity contribution in [2.24, 2.45) is 0 Å². The van der Waals surface area contributed by atoms with Crippen LogP contribution in [0.15, 0.2) is 53.4 Å². The van der Waals surface area contributed by atoms with Gasteiger partial charge in [-0.1, -0.05) is 35.9 Å². The summed E-state index contributed by atoms with van der Waals surface area (Å²) in [5.74, 6) is -0.421. The molecule has 0 bridgehead atoms. The average Bonchev–Trinajstić information content (AvgIpc) is 3.18. The van der Waals surface area contributed by atoms with E-state index in [1.165, 1.54) is 17.0 Å². The summed E-state index contributed by atoms with van der Waals surface area (Å²) in [5, 5.41) is 0.600. The minimum atomic E-state index is -3.89. The van der Waals surface area contributed by atoms with Gasteiger partial charge in [-0.25, -0.2) is 8.42 Å². The number of nitrogens with zero attached hydrogens (tertiary/aromatic N) is 2. The van der Waals surface area contributed by atoms with Crippen molar-refractivity contribution in [2.45, 2.75) is 49.6 Å². The van der Waals surface area contributed by atoms with E-state index in [0.29, 0.717) is 31.1 Å². The molecule has 9 heteroatoms. The lowest BCUT2D eigenvalue weighted by atomic mass is 10.1. The van der Waals surface area contributed by atoms with Gasteiger partial charge in [-0.3, -0.25) is 9.59 Å². The summed E-state index contributed by atoms with van der Waals surface area (Å²) in [6.45, 7) is 3.50. The second-order valence-corrected chi connectivity index (χ2v) is 10.7. The Labute approximate surface area is 199 Å². The molecular weight excluding hydrogens is 462 g/mol. The molecule has 0 aromatic heterocycles. The summed E-state index contributed by atoms with van der Waals surface area (Å²) in [4.78, 5) is 29.1. The number of rotatable bonds is 6. The summed E-state index contributed by atoms with van der Waals surface area (Å²) in [6.07, 6.45) is 3.40. The van der Waals surface area contributed by atoms with Crippen LogP contribution in [0.3, 0.4) is 0 Å². The first-order chi connectivity index (χ1) is 15.8. The van der Waals surface area contributed by atoms with Crippen LogP contribution in [-0.2, 0) is 19.6 Å². The lowest BCUT2D eigenvalue weighted by Crippen LogP contribution is -2.51. The van der Waals surface area contributed by atoms with Gasteiger partial charge in [-0.05, 0) is 68.0 Å². The Bertz CT molecular complexity index is 1130. The van der Waals surface area contributed by atoms with Crippen LogP contribution in [0.1, 0.15) is 32.6 Å². The van der Waals surface area contributed by atoms with Crippen molar-refractivity contribution in [3.8, 4) is 11.1 Å². The van der Waals surface area contributed by atoms with Crippen LogP contribution in [0.25, 0.3) is 11.1 Å². The van der Waals surface area contributed by atoms with Gasteiger partial charge in [0.2, 0.25) is 21.8 Å². The molecule has 2 aromatic rings. The molecule has 2 aromatic carbocycles. The molecule has 2 heterocycles. The zero-order chi connectivity index (χ0) is 23.6. The summed E-state index contributed by atoms with van der Waals surface area (Å²) in [7, 11) is -3.89. The first-order valence-corrected chi connectivity index (χ1v) is 13.1. The SMILES string of the molecule is C[C@H](C(=O)N1CCCCC1)N1CCC(NS(=O)(=O)c2ccc(-c3cccc(Cl)c3)cc2)C1=O. The second kappa shape index (κ2) is 9.83. The van der Waals surface area contributed by atoms with E-state index in [9.17, 15) is 18.0 Å². The fraction of sp³-hybridized carbons (Fsp3) is 0.417. The maximum atomic E-state index is 12.9. The number of amides is 2. The van der Waals surface area contributed by atoms with Crippen LogP contribution in [0.4, 0.5) is 0 Å². The van der Waals surface area contributed by atoms with Gasteiger partial charge in [0.15, 0.2) is 0 Å². The van der Waals surface area contributed by atoms with E-state index in [4.69, 9.17) is 11.6 Å². The summed E-state index contributed by atoms with van der Waals surface area (Å²) < 4.78 is 28.4. The molecule has 2 fully saturated rings. The van der Waals surface area contributed by atoms with Crippen molar-refractivity contribution in [3.63, 3.8) is 0 Å². The van der Waals surface area contributed by atoms with Gasteiger partial charge in [0.05, 0.1) is 4.90 Å². The highest BCUT2D eigenvalue weighted by atomic mass is 35.5. The van der Waals surface area contributed by atoms with Crippen LogP contribution in [0.2, 0.25) is 5.02 Å². The highest BCUT2D eigenvalue weighted by molar-refractivity contribution is 7.89. The minimum absolute atomic E-state index is 0.0665. The molecule has 0 spiro atoms. The largest absolute Gasteiger partial charge is 0.341 e. The molecule has 0 aliphatic carbocycles. The predicted octanol–water partition coefficient (Wildman–Crippen LogP) is 3.29. The number of likely N-dealkylation sites (tertiary alicyclic amines) is 2. The molecule has 2 atom stereocenters. The fourth-order valence-electron chi connectivity index (χ4n) is 4.46. The first kappa shape index (κ1) is 23.7. The summed E-state index contributed by atoms with van der Waals surface area (Å²) in [6, 6.07) is 12.3. The molecule has 1 N–H and O–H groups in total. The molecule has 0 radical (unpaired) electrons. The zero-order valence-electron chi connectivity index (χ0n) is 18.5. The summed E-state index contributed by atoms with van der Waals surface area (Å²) in [5.41, 5.74) is 1.72. The van der Waals surface area contributed by atoms with Gasteiger partial charge < -0.3 is 9.80 Å². The lowest BCUT2D eigenvalue weighted by Gasteiger charge is -2.32. The average molecular weight is 490 g/mol. The number of halogens is 1. The van der Waals surface area contributed by atoms with Crippen molar-refractivity contribution >= 4 is 33.4 Å². The molecule has 4 rings (SSSR count). The Morgan fingerprint density at radius 2 is 1.73 bits per heavy atom. The highest BCUT2D eigenvalue weighted by Gasteiger charge is 2.40. The van der Waals surface area contributed by atoms with E-state index in [1.54, 1.807) is 36.1 Å². The number of carbonyl (C=O) groups excluding carboxylic acids is 2. The Morgan fingerprint density at radius 3 is 2.39 bits per heavy atom. The normalized spacial score (nSPS) is 20.2. The minimum Gasteiger partial charge on any atom is -0.341 e. The van der Waals surface area contributed by atoms with Crippen LogP contribution in [0, 0.1) is 0 Å². The molecule has 2 saturated heterocycles. The Hall–Kier alpha value is -2.42. The molecule has 2 aliphatic rings. The van der Waals surface area contributed by atoms with Crippen LogP contribution in [-0.4, -0.2) is 61.7 Å². The van der Waals surface area contributed by atoms with E-state index in [2.05, 4.69) is 4.72 Å². The highest BCUT2D eigenvalue weighted by Crippen LogP contribution is 2.25. The maximum absolute atomic E-state index is 12.9. The fourth-order valence-corrected chi connectivity index (χ4v) is 5.87. The van der Waals surface area contributed by atoms with E-state index in [0.717, 1.165) is 30.4 Å². The molecule has 0 saturated carbocycles. The third-order valence-electron chi connectivity index (χ3n) is 6.35. The Kier molecular flexibility index (Phi) is 7.07. The standard InChI is InChI=1S/C24H28ClN3O4S/c1-17(23(29)27-13-3-2-4-14-27)28-15-12-22(24(28)30)26-33(31,32)21-10-8-18(9-11-21)19-6-5-7-20(25)16-19/h5-11,16-17,22,26H,2-4,12-15H2,1H3/t17-,22?/m1/s1. The molecule has 2 aliphatic heterocycles. The van der Waals surface area contributed by atoms with Crippen LogP contribution >= 0.6 is 11.6 Å². The molecule has 7 nitrogen and oxygen atoms in total.